The number of aryl methyl sites for hydroxylation is 1. The van der Waals surface area contributed by atoms with Gasteiger partial charge in [0.25, 0.3) is 5.56 Å². The van der Waals surface area contributed by atoms with Crippen molar-refractivity contribution in [2.75, 3.05) is 0 Å². The topological polar surface area (TPSA) is 22.0 Å². The number of pyridine rings is 1. The first-order valence-electron chi connectivity index (χ1n) is 8.21. The zero-order valence-electron chi connectivity index (χ0n) is 13.9. The van der Waals surface area contributed by atoms with Crippen LogP contribution in [0.3, 0.4) is 0 Å². The van der Waals surface area contributed by atoms with Crippen LogP contribution < -0.4 is 5.56 Å². The third-order valence-electron chi connectivity index (χ3n) is 4.88. The third kappa shape index (κ3) is 2.31. The second-order valence-corrected chi connectivity index (χ2v) is 6.34. The highest BCUT2D eigenvalue weighted by atomic mass is 16.1. The molecule has 1 aromatic heterocycles. The Bertz CT molecular complexity index is 1120. The molecule has 0 spiro atoms. The summed E-state index contributed by atoms with van der Waals surface area (Å²) in [5.41, 5.74) is 4.14. The summed E-state index contributed by atoms with van der Waals surface area (Å²) >= 11 is 0. The van der Waals surface area contributed by atoms with E-state index in [1.165, 1.54) is 10.8 Å². The van der Waals surface area contributed by atoms with Crippen molar-refractivity contribution >= 4 is 21.7 Å². The van der Waals surface area contributed by atoms with E-state index in [1.807, 2.05) is 48.7 Å². The van der Waals surface area contributed by atoms with Gasteiger partial charge in [0, 0.05) is 10.9 Å². The van der Waals surface area contributed by atoms with Gasteiger partial charge < -0.3 is 4.57 Å². The molecule has 0 unspecified atom stereocenters. The number of rotatable bonds is 2. The Morgan fingerprint density at radius 3 is 2.33 bits per heavy atom. The van der Waals surface area contributed by atoms with Crippen LogP contribution in [0.4, 0.5) is 0 Å². The highest BCUT2D eigenvalue weighted by Gasteiger charge is 2.11. The zero-order valence-corrected chi connectivity index (χ0v) is 13.9. The molecule has 0 saturated carbocycles. The number of nitrogens with zero attached hydrogens (tertiary/aromatic N) is 1. The molecule has 0 atom stereocenters. The number of fused-ring (bicyclic) bond motifs is 2. The summed E-state index contributed by atoms with van der Waals surface area (Å²) in [5.74, 6) is 0. The molecule has 24 heavy (non-hydrogen) atoms. The molecule has 1 heterocycles. The molecule has 3 aromatic carbocycles. The third-order valence-corrected chi connectivity index (χ3v) is 4.88. The predicted molar refractivity (Wildman–Crippen MR) is 101 cm³/mol. The fourth-order valence-corrected chi connectivity index (χ4v) is 3.38. The van der Waals surface area contributed by atoms with E-state index in [1.54, 1.807) is 0 Å². The predicted octanol–water partition coefficient (Wildman–Crippen LogP) is 4.82. The summed E-state index contributed by atoms with van der Waals surface area (Å²) in [4.78, 5) is 12.8. The monoisotopic (exact) mass is 313 g/mol. The molecule has 2 nitrogen and oxygen atoms in total. The fourth-order valence-electron chi connectivity index (χ4n) is 3.38. The van der Waals surface area contributed by atoms with E-state index < -0.39 is 0 Å². The van der Waals surface area contributed by atoms with Gasteiger partial charge in [0.2, 0.25) is 0 Å². The highest BCUT2D eigenvalue weighted by Crippen LogP contribution is 2.21. The van der Waals surface area contributed by atoms with Gasteiger partial charge >= 0.3 is 0 Å². The van der Waals surface area contributed by atoms with E-state index in [4.69, 9.17) is 0 Å². The zero-order chi connectivity index (χ0) is 16.7. The van der Waals surface area contributed by atoms with E-state index in [2.05, 4.69) is 36.4 Å². The molecule has 4 rings (SSSR count). The van der Waals surface area contributed by atoms with Crippen LogP contribution in [0, 0.1) is 13.8 Å². The van der Waals surface area contributed by atoms with Crippen molar-refractivity contribution in [3.63, 3.8) is 0 Å². The summed E-state index contributed by atoms with van der Waals surface area (Å²) in [6, 6.07) is 22.9. The quantitative estimate of drug-likeness (QED) is 0.520. The normalized spacial score (nSPS) is 11.2. The summed E-state index contributed by atoms with van der Waals surface area (Å²) in [6.45, 7) is 4.53. The van der Waals surface area contributed by atoms with E-state index in [9.17, 15) is 4.79 Å². The standard InChI is InChI=1S/C22H19NO/c1-15-16(2)22(24)23(21-10-6-5-9-20(15)21)14-17-11-12-18-7-3-4-8-19(18)13-17/h3-13H,14H2,1-2H3. The lowest BCUT2D eigenvalue weighted by Gasteiger charge is -2.15. The molecule has 0 amide bonds. The van der Waals surface area contributed by atoms with Crippen LogP contribution in [0.1, 0.15) is 16.7 Å². The minimum absolute atomic E-state index is 0.0966. The molecule has 0 aliphatic heterocycles. The van der Waals surface area contributed by atoms with Crippen LogP contribution in [-0.2, 0) is 6.54 Å². The number of benzene rings is 3. The minimum Gasteiger partial charge on any atom is -0.304 e. The lowest BCUT2D eigenvalue weighted by atomic mass is 10.0. The maximum Gasteiger partial charge on any atom is 0.254 e. The summed E-state index contributed by atoms with van der Waals surface area (Å²) < 4.78 is 1.89. The molecule has 0 aliphatic rings. The van der Waals surface area contributed by atoms with Crippen LogP contribution in [-0.4, -0.2) is 4.57 Å². The van der Waals surface area contributed by atoms with Crippen molar-refractivity contribution in [1.82, 2.24) is 4.57 Å². The molecule has 2 heteroatoms. The molecule has 4 aromatic rings. The van der Waals surface area contributed by atoms with E-state index >= 15 is 0 Å². The Labute approximate surface area is 141 Å². The van der Waals surface area contributed by atoms with Gasteiger partial charge in [-0.25, -0.2) is 0 Å². The molecule has 0 aliphatic carbocycles. The van der Waals surface area contributed by atoms with E-state index in [0.29, 0.717) is 6.54 Å². The number of hydrogen-bond acceptors (Lipinski definition) is 1. The van der Waals surface area contributed by atoms with Gasteiger partial charge in [0.15, 0.2) is 0 Å². The Morgan fingerprint density at radius 2 is 1.50 bits per heavy atom. The Morgan fingerprint density at radius 1 is 0.792 bits per heavy atom. The van der Waals surface area contributed by atoms with Gasteiger partial charge in [0.1, 0.15) is 0 Å². The van der Waals surface area contributed by atoms with Crippen molar-refractivity contribution < 1.29 is 0 Å². The number of hydrogen-bond donors (Lipinski definition) is 0. The highest BCUT2D eigenvalue weighted by molar-refractivity contribution is 5.84. The first kappa shape index (κ1) is 14.7. The van der Waals surface area contributed by atoms with Crippen LogP contribution in [0.2, 0.25) is 0 Å². The van der Waals surface area contributed by atoms with Crippen molar-refractivity contribution in [2.24, 2.45) is 0 Å². The second-order valence-electron chi connectivity index (χ2n) is 6.34. The molecule has 0 fully saturated rings. The van der Waals surface area contributed by atoms with Crippen LogP contribution >= 0.6 is 0 Å². The lowest BCUT2D eigenvalue weighted by molar-refractivity contribution is 0.786. The van der Waals surface area contributed by atoms with E-state index in [0.717, 1.165) is 27.6 Å². The maximum absolute atomic E-state index is 12.8. The number of aromatic nitrogens is 1. The Hall–Kier alpha value is -2.87. The van der Waals surface area contributed by atoms with Crippen LogP contribution in [0.5, 0.6) is 0 Å². The first-order valence-corrected chi connectivity index (χ1v) is 8.21. The van der Waals surface area contributed by atoms with Gasteiger partial charge in [-0.2, -0.15) is 0 Å². The Balaban J connectivity index is 1.91. The second kappa shape index (κ2) is 5.64. The van der Waals surface area contributed by atoms with Crippen molar-refractivity contribution in [1.29, 1.82) is 0 Å². The maximum atomic E-state index is 12.8. The molecule has 0 saturated heterocycles. The van der Waals surface area contributed by atoms with Gasteiger partial charge in [-0.1, -0.05) is 54.6 Å². The van der Waals surface area contributed by atoms with Crippen LogP contribution in [0.15, 0.2) is 71.5 Å². The molecule has 118 valence electrons. The summed E-state index contributed by atoms with van der Waals surface area (Å²) in [6.07, 6.45) is 0. The molecular formula is C22H19NO. The fraction of sp³-hybridized carbons (Fsp3) is 0.136. The SMILES string of the molecule is Cc1c(C)c2ccccc2n(Cc2ccc3ccccc3c2)c1=O. The van der Waals surface area contributed by atoms with Crippen molar-refractivity contribution in [2.45, 2.75) is 20.4 Å². The van der Waals surface area contributed by atoms with Crippen molar-refractivity contribution in [3.05, 3.63) is 93.8 Å². The van der Waals surface area contributed by atoms with Gasteiger partial charge in [-0.15, -0.1) is 0 Å². The van der Waals surface area contributed by atoms with Crippen molar-refractivity contribution in [3.8, 4) is 0 Å². The molecular weight excluding hydrogens is 294 g/mol. The lowest BCUT2D eigenvalue weighted by Crippen LogP contribution is -2.24. The summed E-state index contributed by atoms with van der Waals surface area (Å²) in [7, 11) is 0. The van der Waals surface area contributed by atoms with E-state index in [-0.39, 0.29) is 5.56 Å². The van der Waals surface area contributed by atoms with Gasteiger partial charge in [-0.05, 0) is 47.9 Å². The average molecular weight is 313 g/mol. The first-order chi connectivity index (χ1) is 11.6. The molecule has 0 bridgehead atoms. The molecule has 0 radical (unpaired) electrons. The van der Waals surface area contributed by atoms with Gasteiger partial charge in [-0.3, -0.25) is 4.79 Å². The van der Waals surface area contributed by atoms with Gasteiger partial charge in [0.05, 0.1) is 12.1 Å². The average Bonchev–Trinajstić information content (AvgIpc) is 2.63. The Kier molecular flexibility index (Phi) is 3.46. The summed E-state index contributed by atoms with van der Waals surface area (Å²) in [5, 5.41) is 3.57. The largest absolute Gasteiger partial charge is 0.304 e. The minimum atomic E-state index is 0.0966. The number of para-hydroxylation sites is 1. The van der Waals surface area contributed by atoms with Crippen LogP contribution in [0.25, 0.3) is 21.7 Å². The smallest absolute Gasteiger partial charge is 0.254 e. The molecule has 0 N–H and O–H groups in total.